The van der Waals surface area contributed by atoms with Gasteiger partial charge in [0, 0.05) is 22.9 Å². The monoisotopic (exact) mass is 391 g/mol. The Balaban J connectivity index is 1.93. The summed E-state index contributed by atoms with van der Waals surface area (Å²) < 4.78 is 6.01. The van der Waals surface area contributed by atoms with Crippen LogP contribution in [0.2, 0.25) is 0 Å². The van der Waals surface area contributed by atoms with Crippen molar-refractivity contribution in [3.8, 4) is 0 Å². The highest BCUT2D eigenvalue weighted by Crippen LogP contribution is 2.37. The first kappa shape index (κ1) is 17.1. The molecule has 0 amide bonds. The second kappa shape index (κ2) is 6.67. The highest BCUT2D eigenvalue weighted by atomic mass is 79.9. The molecule has 6 heteroatoms. The topological polar surface area (TPSA) is 55.3 Å². The molecule has 0 bridgehead atoms. The summed E-state index contributed by atoms with van der Waals surface area (Å²) >= 11 is 3.53. The highest BCUT2D eigenvalue weighted by Gasteiger charge is 2.40. The zero-order valence-corrected chi connectivity index (χ0v) is 15.8. The Bertz CT molecular complexity index is 763. The van der Waals surface area contributed by atoms with E-state index in [0.29, 0.717) is 0 Å². The van der Waals surface area contributed by atoms with Crippen molar-refractivity contribution in [2.24, 2.45) is 11.3 Å². The lowest BCUT2D eigenvalue weighted by atomic mass is 9.74. The lowest BCUT2D eigenvalue weighted by molar-refractivity contribution is -0.154. The zero-order valence-electron chi connectivity index (χ0n) is 14.3. The molecule has 2 aromatic rings. The first-order valence-electron chi connectivity index (χ1n) is 8.17. The molecule has 1 aliphatic heterocycles. The van der Waals surface area contributed by atoms with E-state index in [1.165, 1.54) is 7.11 Å². The van der Waals surface area contributed by atoms with E-state index >= 15 is 0 Å². The van der Waals surface area contributed by atoms with Crippen LogP contribution in [-0.2, 0) is 9.53 Å². The molecule has 1 aliphatic rings. The van der Waals surface area contributed by atoms with Gasteiger partial charge in [-0.05, 0) is 50.8 Å². The Morgan fingerprint density at radius 3 is 2.92 bits per heavy atom. The average molecular weight is 392 g/mol. The third kappa shape index (κ3) is 3.11. The predicted molar refractivity (Wildman–Crippen MR) is 98.0 cm³/mol. The van der Waals surface area contributed by atoms with Crippen molar-refractivity contribution < 1.29 is 9.53 Å². The van der Waals surface area contributed by atoms with E-state index in [1.807, 2.05) is 26.0 Å². The molecule has 0 N–H and O–H groups in total. The standard InChI is InChI=1S/C18H22BrN3O2/c1-18(2,17(23)24-3)12-5-4-8-22(10-12)16-14-9-13(19)6-7-15(14)20-11-21-16/h6-7,9,11-12H,4-5,8,10H2,1-3H3. The van der Waals surface area contributed by atoms with E-state index in [4.69, 9.17) is 4.74 Å². The minimum Gasteiger partial charge on any atom is -0.469 e. The van der Waals surface area contributed by atoms with Crippen LogP contribution >= 0.6 is 15.9 Å². The summed E-state index contributed by atoms with van der Waals surface area (Å²) in [4.78, 5) is 23.3. The van der Waals surface area contributed by atoms with Gasteiger partial charge in [-0.25, -0.2) is 9.97 Å². The first-order valence-corrected chi connectivity index (χ1v) is 8.96. The number of hydrogen-bond acceptors (Lipinski definition) is 5. The molecule has 24 heavy (non-hydrogen) atoms. The molecule has 2 heterocycles. The van der Waals surface area contributed by atoms with Gasteiger partial charge in [0.2, 0.25) is 0 Å². The van der Waals surface area contributed by atoms with Gasteiger partial charge in [-0.3, -0.25) is 4.79 Å². The van der Waals surface area contributed by atoms with Crippen LogP contribution in [-0.4, -0.2) is 36.1 Å². The van der Waals surface area contributed by atoms with Crippen LogP contribution in [0.5, 0.6) is 0 Å². The van der Waals surface area contributed by atoms with Crippen molar-refractivity contribution in [2.45, 2.75) is 26.7 Å². The molecular weight excluding hydrogens is 370 g/mol. The summed E-state index contributed by atoms with van der Waals surface area (Å²) in [6.45, 7) is 5.68. The number of carbonyl (C=O) groups is 1. The Labute approximate surface area is 150 Å². The fourth-order valence-corrected chi connectivity index (χ4v) is 3.82. The molecule has 3 rings (SSSR count). The summed E-state index contributed by atoms with van der Waals surface area (Å²) in [5, 5.41) is 1.03. The lowest BCUT2D eigenvalue weighted by Gasteiger charge is -2.40. The lowest BCUT2D eigenvalue weighted by Crippen LogP contribution is -2.45. The molecule has 128 valence electrons. The number of methoxy groups -OCH3 is 1. The van der Waals surface area contributed by atoms with Gasteiger partial charge in [0.15, 0.2) is 0 Å². The molecule has 0 aliphatic carbocycles. The summed E-state index contributed by atoms with van der Waals surface area (Å²) in [5.74, 6) is 1.02. The molecular formula is C18H22BrN3O2. The number of nitrogens with zero attached hydrogens (tertiary/aromatic N) is 3. The molecule has 1 saturated heterocycles. The van der Waals surface area contributed by atoms with Crippen LogP contribution < -0.4 is 4.90 Å². The molecule has 0 saturated carbocycles. The maximum Gasteiger partial charge on any atom is 0.311 e. The summed E-state index contributed by atoms with van der Waals surface area (Å²) in [6.07, 6.45) is 3.66. The summed E-state index contributed by atoms with van der Waals surface area (Å²) in [6, 6.07) is 6.03. The van der Waals surface area contributed by atoms with Crippen molar-refractivity contribution in [3.05, 3.63) is 29.0 Å². The zero-order chi connectivity index (χ0) is 17.3. The number of benzene rings is 1. The molecule has 1 unspecified atom stereocenters. The number of esters is 1. The fraction of sp³-hybridized carbons (Fsp3) is 0.500. The molecule has 0 spiro atoms. The van der Waals surface area contributed by atoms with Gasteiger partial charge in [-0.1, -0.05) is 15.9 Å². The Hall–Kier alpha value is -1.69. The molecule has 0 radical (unpaired) electrons. The van der Waals surface area contributed by atoms with E-state index in [1.54, 1.807) is 6.33 Å². The minimum absolute atomic E-state index is 0.148. The van der Waals surface area contributed by atoms with Crippen molar-refractivity contribution in [1.29, 1.82) is 0 Å². The normalized spacial score (nSPS) is 18.7. The number of halogens is 1. The molecule has 1 atom stereocenters. The van der Waals surface area contributed by atoms with Crippen LogP contribution in [0.1, 0.15) is 26.7 Å². The third-order valence-electron chi connectivity index (χ3n) is 5.03. The van der Waals surface area contributed by atoms with E-state index in [0.717, 1.165) is 47.1 Å². The summed E-state index contributed by atoms with van der Waals surface area (Å²) in [5.41, 5.74) is 0.425. The SMILES string of the molecule is COC(=O)C(C)(C)C1CCCN(c2ncnc3ccc(Br)cc23)C1. The number of anilines is 1. The second-order valence-corrected chi connectivity index (χ2v) is 7.77. The van der Waals surface area contributed by atoms with Crippen LogP contribution in [0, 0.1) is 11.3 Å². The van der Waals surface area contributed by atoms with E-state index < -0.39 is 5.41 Å². The minimum atomic E-state index is -0.503. The maximum atomic E-state index is 12.2. The van der Waals surface area contributed by atoms with Gasteiger partial charge in [0.1, 0.15) is 12.1 Å². The number of fused-ring (bicyclic) bond motifs is 1. The van der Waals surface area contributed by atoms with Gasteiger partial charge in [0.25, 0.3) is 0 Å². The van der Waals surface area contributed by atoms with Gasteiger partial charge in [-0.15, -0.1) is 0 Å². The van der Waals surface area contributed by atoms with E-state index in [9.17, 15) is 4.79 Å². The van der Waals surface area contributed by atoms with Crippen molar-refractivity contribution in [2.75, 3.05) is 25.1 Å². The number of carbonyl (C=O) groups excluding carboxylic acids is 1. The molecule has 1 fully saturated rings. The van der Waals surface area contributed by atoms with Gasteiger partial charge in [-0.2, -0.15) is 0 Å². The molecule has 1 aromatic carbocycles. The van der Waals surface area contributed by atoms with Crippen LogP contribution in [0.4, 0.5) is 5.82 Å². The number of rotatable bonds is 3. The number of ether oxygens (including phenoxy) is 1. The number of hydrogen-bond donors (Lipinski definition) is 0. The van der Waals surface area contributed by atoms with Crippen LogP contribution in [0.3, 0.4) is 0 Å². The third-order valence-corrected chi connectivity index (χ3v) is 5.52. The molecule has 1 aromatic heterocycles. The maximum absolute atomic E-state index is 12.2. The van der Waals surface area contributed by atoms with Gasteiger partial charge in [0.05, 0.1) is 18.0 Å². The van der Waals surface area contributed by atoms with Crippen molar-refractivity contribution in [1.82, 2.24) is 9.97 Å². The average Bonchev–Trinajstić information content (AvgIpc) is 2.60. The predicted octanol–water partition coefficient (Wildman–Crippen LogP) is 3.81. The van der Waals surface area contributed by atoms with E-state index in [2.05, 4.69) is 36.9 Å². The number of piperidine rings is 1. The van der Waals surface area contributed by atoms with Crippen LogP contribution in [0.15, 0.2) is 29.0 Å². The largest absolute Gasteiger partial charge is 0.469 e. The molecule has 5 nitrogen and oxygen atoms in total. The van der Waals surface area contributed by atoms with Gasteiger partial charge < -0.3 is 9.64 Å². The second-order valence-electron chi connectivity index (χ2n) is 6.86. The van der Waals surface area contributed by atoms with Crippen molar-refractivity contribution in [3.63, 3.8) is 0 Å². The van der Waals surface area contributed by atoms with Crippen LogP contribution in [0.25, 0.3) is 10.9 Å². The smallest absolute Gasteiger partial charge is 0.311 e. The van der Waals surface area contributed by atoms with E-state index in [-0.39, 0.29) is 11.9 Å². The fourth-order valence-electron chi connectivity index (χ4n) is 3.46. The Kier molecular flexibility index (Phi) is 4.76. The van der Waals surface area contributed by atoms with Crippen molar-refractivity contribution >= 4 is 38.6 Å². The number of aromatic nitrogens is 2. The summed E-state index contributed by atoms with van der Waals surface area (Å²) in [7, 11) is 1.46. The Morgan fingerprint density at radius 2 is 2.17 bits per heavy atom. The quantitative estimate of drug-likeness (QED) is 0.744. The first-order chi connectivity index (χ1) is 11.4. The Morgan fingerprint density at radius 1 is 1.38 bits per heavy atom. The highest BCUT2D eigenvalue weighted by molar-refractivity contribution is 9.10. The van der Waals surface area contributed by atoms with Gasteiger partial charge >= 0.3 is 5.97 Å².